The number of hydrogen-bond donors (Lipinski definition) is 1. The van der Waals surface area contributed by atoms with Crippen molar-refractivity contribution < 1.29 is 9.90 Å². The molecule has 4 heteroatoms. The minimum atomic E-state index is -0.206. The summed E-state index contributed by atoms with van der Waals surface area (Å²) in [5.41, 5.74) is 0. The first-order valence-electron chi connectivity index (χ1n) is 6.72. The predicted molar refractivity (Wildman–Crippen MR) is 68.8 cm³/mol. The predicted octanol–water partition coefficient (Wildman–Crippen LogP) is 0.946. The zero-order valence-corrected chi connectivity index (χ0v) is 11.5. The van der Waals surface area contributed by atoms with Crippen molar-refractivity contribution in [2.24, 2.45) is 5.92 Å². The van der Waals surface area contributed by atoms with Crippen LogP contribution in [-0.2, 0) is 4.79 Å². The van der Waals surface area contributed by atoms with E-state index >= 15 is 0 Å². The number of amides is 1. The molecule has 3 atom stereocenters. The van der Waals surface area contributed by atoms with Crippen LogP contribution in [0.3, 0.4) is 0 Å². The molecule has 4 nitrogen and oxygen atoms in total. The Morgan fingerprint density at radius 2 is 2.06 bits per heavy atom. The third-order valence-corrected chi connectivity index (χ3v) is 3.87. The van der Waals surface area contributed by atoms with Gasteiger partial charge < -0.3 is 10.0 Å². The topological polar surface area (TPSA) is 43.8 Å². The molecule has 1 N–H and O–H groups in total. The van der Waals surface area contributed by atoms with Gasteiger partial charge >= 0.3 is 0 Å². The number of piperidine rings is 1. The van der Waals surface area contributed by atoms with Crippen LogP contribution < -0.4 is 0 Å². The summed E-state index contributed by atoms with van der Waals surface area (Å²) in [6.07, 6.45) is 0.568. The fraction of sp³-hybridized carbons (Fsp3) is 0.923. The average molecular weight is 242 g/mol. The molecule has 17 heavy (non-hydrogen) atoms. The first-order valence-corrected chi connectivity index (χ1v) is 6.72. The van der Waals surface area contributed by atoms with E-state index in [1.54, 1.807) is 0 Å². The van der Waals surface area contributed by atoms with Crippen molar-refractivity contribution in [2.75, 3.05) is 26.2 Å². The summed E-state index contributed by atoms with van der Waals surface area (Å²) in [6.45, 7) is 11.2. The number of hydrogen-bond acceptors (Lipinski definition) is 3. The minimum absolute atomic E-state index is 0.0650. The lowest BCUT2D eigenvalue weighted by Crippen LogP contribution is -2.52. The normalized spacial score (nSPS) is 27.8. The van der Waals surface area contributed by atoms with Crippen LogP contribution in [0.15, 0.2) is 0 Å². The summed E-state index contributed by atoms with van der Waals surface area (Å²) in [6, 6.07) is -0.0650. The minimum Gasteiger partial charge on any atom is -0.393 e. The molecule has 0 aromatic heterocycles. The molecule has 0 aromatic rings. The van der Waals surface area contributed by atoms with E-state index in [9.17, 15) is 9.90 Å². The molecule has 0 saturated carbocycles. The number of carbonyl (C=O) groups is 1. The highest BCUT2D eigenvalue weighted by molar-refractivity contribution is 5.81. The first-order chi connectivity index (χ1) is 8.01. The maximum atomic E-state index is 12.2. The number of aliphatic hydroxyl groups is 1. The fourth-order valence-electron chi connectivity index (χ4n) is 2.47. The second kappa shape index (κ2) is 6.36. The second-order valence-corrected chi connectivity index (χ2v) is 5.01. The van der Waals surface area contributed by atoms with E-state index in [2.05, 4.69) is 4.90 Å². The highest BCUT2D eigenvalue weighted by Gasteiger charge is 2.31. The SMILES string of the molecule is CCN(CC)C(=O)C(C)N1CCC(O)C(C)C1. The smallest absolute Gasteiger partial charge is 0.239 e. The van der Waals surface area contributed by atoms with Crippen molar-refractivity contribution >= 4 is 5.91 Å². The summed E-state index contributed by atoms with van der Waals surface area (Å²) in [5, 5.41) is 9.70. The molecule has 0 radical (unpaired) electrons. The van der Waals surface area contributed by atoms with Crippen molar-refractivity contribution in [3.8, 4) is 0 Å². The Kier molecular flexibility index (Phi) is 5.40. The lowest BCUT2D eigenvalue weighted by Gasteiger charge is -2.38. The van der Waals surface area contributed by atoms with Crippen LogP contribution in [0, 0.1) is 5.92 Å². The van der Waals surface area contributed by atoms with Gasteiger partial charge in [0, 0.05) is 26.2 Å². The van der Waals surface area contributed by atoms with Gasteiger partial charge in [0.1, 0.15) is 0 Å². The Hall–Kier alpha value is -0.610. The Labute approximate surface area is 105 Å². The number of nitrogens with zero attached hydrogens (tertiary/aromatic N) is 2. The Morgan fingerprint density at radius 3 is 2.53 bits per heavy atom. The highest BCUT2D eigenvalue weighted by atomic mass is 16.3. The molecule has 3 unspecified atom stereocenters. The highest BCUT2D eigenvalue weighted by Crippen LogP contribution is 2.19. The molecule has 1 rings (SSSR count). The van der Waals surface area contributed by atoms with Gasteiger partial charge in [-0.1, -0.05) is 6.92 Å². The molecule has 1 amide bonds. The molecule has 1 aliphatic rings. The van der Waals surface area contributed by atoms with Gasteiger partial charge in [-0.25, -0.2) is 0 Å². The van der Waals surface area contributed by atoms with E-state index in [1.165, 1.54) is 0 Å². The van der Waals surface area contributed by atoms with Gasteiger partial charge in [-0.3, -0.25) is 9.69 Å². The fourth-order valence-corrected chi connectivity index (χ4v) is 2.47. The van der Waals surface area contributed by atoms with Crippen molar-refractivity contribution in [1.29, 1.82) is 0 Å². The number of carbonyl (C=O) groups excluding carboxylic acids is 1. The monoisotopic (exact) mass is 242 g/mol. The van der Waals surface area contributed by atoms with E-state index in [0.717, 1.165) is 32.6 Å². The van der Waals surface area contributed by atoms with Crippen molar-refractivity contribution in [2.45, 2.75) is 46.3 Å². The number of rotatable bonds is 4. The van der Waals surface area contributed by atoms with Gasteiger partial charge in [-0.15, -0.1) is 0 Å². The standard InChI is InChI=1S/C13H26N2O2/c1-5-14(6-2)13(17)11(4)15-8-7-12(16)10(3)9-15/h10-12,16H,5-9H2,1-4H3. The van der Waals surface area contributed by atoms with E-state index < -0.39 is 0 Å². The van der Waals surface area contributed by atoms with Crippen LogP contribution in [0.5, 0.6) is 0 Å². The van der Waals surface area contributed by atoms with E-state index in [1.807, 2.05) is 32.6 Å². The Morgan fingerprint density at radius 1 is 1.47 bits per heavy atom. The summed E-state index contributed by atoms with van der Waals surface area (Å²) in [5.74, 6) is 0.467. The summed E-state index contributed by atoms with van der Waals surface area (Å²) in [7, 11) is 0. The lowest BCUT2D eigenvalue weighted by molar-refractivity contribution is -0.137. The summed E-state index contributed by atoms with van der Waals surface area (Å²) < 4.78 is 0. The van der Waals surface area contributed by atoms with Gasteiger partial charge in [0.05, 0.1) is 12.1 Å². The molecule has 0 bridgehead atoms. The van der Waals surface area contributed by atoms with E-state index in [4.69, 9.17) is 0 Å². The van der Waals surface area contributed by atoms with Crippen LogP contribution in [0.2, 0.25) is 0 Å². The Bertz CT molecular complexity index is 254. The third-order valence-electron chi connectivity index (χ3n) is 3.87. The maximum Gasteiger partial charge on any atom is 0.239 e. The molecule has 1 aliphatic heterocycles. The zero-order valence-electron chi connectivity index (χ0n) is 11.5. The maximum absolute atomic E-state index is 12.2. The van der Waals surface area contributed by atoms with Crippen molar-refractivity contribution in [3.05, 3.63) is 0 Å². The molecule has 100 valence electrons. The average Bonchev–Trinajstić information content (AvgIpc) is 2.33. The van der Waals surface area contributed by atoms with Gasteiger partial charge in [0.15, 0.2) is 0 Å². The van der Waals surface area contributed by atoms with Crippen LogP contribution >= 0.6 is 0 Å². The molecule has 0 aliphatic carbocycles. The second-order valence-electron chi connectivity index (χ2n) is 5.01. The quantitative estimate of drug-likeness (QED) is 0.798. The van der Waals surface area contributed by atoms with Gasteiger partial charge in [-0.2, -0.15) is 0 Å². The zero-order chi connectivity index (χ0) is 13.0. The molecule has 0 spiro atoms. The largest absolute Gasteiger partial charge is 0.393 e. The Balaban J connectivity index is 2.57. The van der Waals surface area contributed by atoms with Crippen LogP contribution in [0.1, 0.15) is 34.1 Å². The van der Waals surface area contributed by atoms with Crippen LogP contribution in [-0.4, -0.2) is 59.1 Å². The third kappa shape index (κ3) is 3.42. The van der Waals surface area contributed by atoms with Crippen LogP contribution in [0.4, 0.5) is 0 Å². The molecule has 1 heterocycles. The number of likely N-dealkylation sites (N-methyl/N-ethyl adjacent to an activating group) is 1. The van der Waals surface area contributed by atoms with Crippen molar-refractivity contribution in [3.63, 3.8) is 0 Å². The lowest BCUT2D eigenvalue weighted by atomic mass is 9.95. The van der Waals surface area contributed by atoms with E-state index in [-0.39, 0.29) is 24.0 Å². The summed E-state index contributed by atoms with van der Waals surface area (Å²) in [4.78, 5) is 16.3. The van der Waals surface area contributed by atoms with Crippen molar-refractivity contribution in [1.82, 2.24) is 9.80 Å². The van der Waals surface area contributed by atoms with Gasteiger partial charge in [-0.05, 0) is 33.1 Å². The van der Waals surface area contributed by atoms with Gasteiger partial charge in [0.2, 0.25) is 5.91 Å². The number of aliphatic hydroxyl groups excluding tert-OH is 1. The molecule has 1 fully saturated rings. The van der Waals surface area contributed by atoms with Crippen LogP contribution in [0.25, 0.3) is 0 Å². The number of likely N-dealkylation sites (tertiary alicyclic amines) is 1. The molecule has 0 aromatic carbocycles. The molecular weight excluding hydrogens is 216 g/mol. The van der Waals surface area contributed by atoms with E-state index in [0.29, 0.717) is 0 Å². The first kappa shape index (κ1) is 14.5. The molecule has 1 saturated heterocycles. The summed E-state index contributed by atoms with van der Waals surface area (Å²) >= 11 is 0. The van der Waals surface area contributed by atoms with Gasteiger partial charge in [0.25, 0.3) is 0 Å². The molecular formula is C13H26N2O2.